The molecule has 1 aromatic carbocycles. The first-order valence-electron chi connectivity index (χ1n) is 7.39. The lowest BCUT2D eigenvalue weighted by Crippen LogP contribution is -2.17. The molecule has 1 aliphatic carbocycles. The van der Waals surface area contributed by atoms with E-state index in [1.165, 1.54) is 17.5 Å². The van der Waals surface area contributed by atoms with Crippen LogP contribution >= 0.6 is 0 Å². The molecule has 0 bridgehead atoms. The average Bonchev–Trinajstić information content (AvgIpc) is 2.46. The molecule has 0 saturated carbocycles. The van der Waals surface area contributed by atoms with E-state index in [-0.39, 0.29) is 6.04 Å². The fourth-order valence-electron chi connectivity index (χ4n) is 2.54. The molecule has 20 heavy (non-hydrogen) atoms. The van der Waals surface area contributed by atoms with Crippen LogP contribution in [0.5, 0.6) is 5.75 Å². The Labute approximate surface area is 121 Å². The molecule has 1 aliphatic rings. The Hall–Kier alpha value is -1.10. The number of aryl methyl sites for hydroxylation is 1. The number of fused-ring (bicyclic) bond motifs is 1. The van der Waals surface area contributed by atoms with Gasteiger partial charge in [-0.1, -0.05) is 6.07 Å². The van der Waals surface area contributed by atoms with Crippen LogP contribution in [-0.2, 0) is 15.9 Å². The second kappa shape index (κ2) is 8.25. The van der Waals surface area contributed by atoms with E-state index in [9.17, 15) is 0 Å². The smallest absolute Gasteiger partial charge is 0.119 e. The van der Waals surface area contributed by atoms with Gasteiger partial charge in [0.1, 0.15) is 12.4 Å². The molecule has 1 aromatic rings. The molecule has 0 heterocycles. The van der Waals surface area contributed by atoms with Gasteiger partial charge in [0.25, 0.3) is 0 Å². The van der Waals surface area contributed by atoms with Crippen LogP contribution in [0.2, 0.25) is 0 Å². The van der Waals surface area contributed by atoms with Crippen molar-refractivity contribution in [2.24, 2.45) is 5.73 Å². The standard InChI is InChI=1S/C16H25NO3/c1-18-8-3-9-19-10-11-20-14-6-7-15-13(12-14)4-2-5-16(15)17/h6-7,12,16H,2-5,8-11,17H2,1H3. The van der Waals surface area contributed by atoms with Crippen LogP contribution in [-0.4, -0.2) is 33.5 Å². The van der Waals surface area contributed by atoms with Crippen molar-refractivity contribution < 1.29 is 14.2 Å². The van der Waals surface area contributed by atoms with Crippen molar-refractivity contribution in [2.45, 2.75) is 31.7 Å². The number of nitrogens with two attached hydrogens (primary N) is 1. The molecular weight excluding hydrogens is 254 g/mol. The van der Waals surface area contributed by atoms with Gasteiger partial charge in [0.05, 0.1) is 6.61 Å². The second-order valence-electron chi connectivity index (χ2n) is 5.17. The molecule has 0 amide bonds. The Balaban J connectivity index is 1.71. The lowest BCUT2D eigenvalue weighted by Gasteiger charge is -2.22. The van der Waals surface area contributed by atoms with Crippen molar-refractivity contribution >= 4 is 0 Å². The van der Waals surface area contributed by atoms with Gasteiger partial charge in [-0.05, 0) is 48.9 Å². The fourth-order valence-corrected chi connectivity index (χ4v) is 2.54. The molecule has 1 atom stereocenters. The largest absolute Gasteiger partial charge is 0.491 e. The Morgan fingerprint density at radius 2 is 2.10 bits per heavy atom. The SMILES string of the molecule is COCCCOCCOc1ccc2c(c1)CCCC2N. The number of ether oxygens (including phenoxy) is 3. The van der Waals surface area contributed by atoms with Crippen LogP contribution in [0.25, 0.3) is 0 Å². The van der Waals surface area contributed by atoms with Gasteiger partial charge in [-0.15, -0.1) is 0 Å². The number of hydrogen-bond donors (Lipinski definition) is 1. The van der Waals surface area contributed by atoms with E-state index >= 15 is 0 Å². The molecule has 1 unspecified atom stereocenters. The zero-order valence-electron chi connectivity index (χ0n) is 12.3. The topological polar surface area (TPSA) is 53.7 Å². The van der Waals surface area contributed by atoms with Crippen molar-refractivity contribution in [3.63, 3.8) is 0 Å². The first-order valence-corrected chi connectivity index (χ1v) is 7.39. The summed E-state index contributed by atoms with van der Waals surface area (Å²) in [5.41, 5.74) is 8.72. The second-order valence-corrected chi connectivity index (χ2v) is 5.17. The van der Waals surface area contributed by atoms with Crippen LogP contribution in [0.3, 0.4) is 0 Å². The molecule has 2 N–H and O–H groups in total. The molecule has 0 radical (unpaired) electrons. The first kappa shape index (κ1) is 15.3. The van der Waals surface area contributed by atoms with Crippen LogP contribution in [0.4, 0.5) is 0 Å². The third kappa shape index (κ3) is 4.47. The summed E-state index contributed by atoms with van der Waals surface area (Å²) in [4.78, 5) is 0. The van der Waals surface area contributed by atoms with Gasteiger partial charge in [-0.2, -0.15) is 0 Å². The maximum Gasteiger partial charge on any atom is 0.119 e. The van der Waals surface area contributed by atoms with Gasteiger partial charge in [0.2, 0.25) is 0 Å². The minimum absolute atomic E-state index is 0.192. The molecular formula is C16H25NO3. The van der Waals surface area contributed by atoms with Crippen LogP contribution in [0.1, 0.15) is 36.4 Å². The van der Waals surface area contributed by atoms with E-state index in [2.05, 4.69) is 12.1 Å². The fraction of sp³-hybridized carbons (Fsp3) is 0.625. The van der Waals surface area contributed by atoms with Gasteiger partial charge in [0, 0.05) is 26.4 Å². The quantitative estimate of drug-likeness (QED) is 0.743. The number of methoxy groups -OCH3 is 1. The van der Waals surface area contributed by atoms with Crippen LogP contribution in [0, 0.1) is 0 Å². The van der Waals surface area contributed by atoms with Crippen molar-refractivity contribution in [3.05, 3.63) is 29.3 Å². The van der Waals surface area contributed by atoms with Gasteiger partial charge in [-0.25, -0.2) is 0 Å². The molecule has 2 rings (SSSR count). The van der Waals surface area contributed by atoms with E-state index in [1.807, 2.05) is 6.07 Å². The van der Waals surface area contributed by atoms with E-state index in [0.717, 1.165) is 38.2 Å². The Kier molecular flexibility index (Phi) is 6.30. The zero-order chi connectivity index (χ0) is 14.2. The molecule has 0 aliphatic heterocycles. The van der Waals surface area contributed by atoms with Gasteiger partial charge in [-0.3, -0.25) is 0 Å². The summed E-state index contributed by atoms with van der Waals surface area (Å²) in [6, 6.07) is 6.43. The highest BCUT2D eigenvalue weighted by Crippen LogP contribution is 2.30. The van der Waals surface area contributed by atoms with Gasteiger partial charge in [0.15, 0.2) is 0 Å². The zero-order valence-corrected chi connectivity index (χ0v) is 12.3. The normalized spacial score (nSPS) is 17.8. The summed E-state index contributed by atoms with van der Waals surface area (Å²) in [6.07, 6.45) is 4.28. The number of rotatable bonds is 8. The van der Waals surface area contributed by atoms with Gasteiger partial charge < -0.3 is 19.9 Å². The van der Waals surface area contributed by atoms with E-state index in [1.54, 1.807) is 7.11 Å². The molecule has 0 aromatic heterocycles. The predicted octanol–water partition coefficient (Wildman–Crippen LogP) is 2.45. The summed E-state index contributed by atoms with van der Waals surface area (Å²) in [6.45, 7) is 2.65. The third-order valence-corrected chi connectivity index (χ3v) is 3.61. The Morgan fingerprint density at radius 3 is 2.95 bits per heavy atom. The highest BCUT2D eigenvalue weighted by Gasteiger charge is 2.16. The van der Waals surface area contributed by atoms with E-state index < -0.39 is 0 Å². The molecule has 0 saturated heterocycles. The summed E-state index contributed by atoms with van der Waals surface area (Å²) in [5, 5.41) is 0. The summed E-state index contributed by atoms with van der Waals surface area (Å²) >= 11 is 0. The summed E-state index contributed by atoms with van der Waals surface area (Å²) < 4.78 is 16.1. The van der Waals surface area contributed by atoms with Crippen molar-refractivity contribution in [1.82, 2.24) is 0 Å². The maximum absolute atomic E-state index is 6.10. The van der Waals surface area contributed by atoms with Crippen LogP contribution < -0.4 is 10.5 Å². The lowest BCUT2D eigenvalue weighted by molar-refractivity contribution is 0.0806. The molecule has 0 spiro atoms. The lowest BCUT2D eigenvalue weighted by atomic mass is 9.88. The minimum atomic E-state index is 0.192. The monoisotopic (exact) mass is 279 g/mol. The highest BCUT2D eigenvalue weighted by atomic mass is 16.5. The van der Waals surface area contributed by atoms with Gasteiger partial charge >= 0.3 is 0 Å². The first-order chi connectivity index (χ1) is 9.81. The third-order valence-electron chi connectivity index (χ3n) is 3.61. The maximum atomic E-state index is 6.10. The summed E-state index contributed by atoms with van der Waals surface area (Å²) in [5.74, 6) is 0.915. The summed E-state index contributed by atoms with van der Waals surface area (Å²) in [7, 11) is 1.70. The predicted molar refractivity (Wildman–Crippen MR) is 79.1 cm³/mol. The molecule has 112 valence electrons. The molecule has 4 nitrogen and oxygen atoms in total. The Morgan fingerprint density at radius 1 is 1.20 bits per heavy atom. The van der Waals surface area contributed by atoms with E-state index in [4.69, 9.17) is 19.9 Å². The van der Waals surface area contributed by atoms with Crippen molar-refractivity contribution in [3.8, 4) is 5.75 Å². The molecule has 0 fully saturated rings. The number of benzene rings is 1. The number of hydrogen-bond acceptors (Lipinski definition) is 4. The van der Waals surface area contributed by atoms with E-state index in [0.29, 0.717) is 13.2 Å². The Bertz CT molecular complexity index is 409. The van der Waals surface area contributed by atoms with Crippen LogP contribution in [0.15, 0.2) is 18.2 Å². The average molecular weight is 279 g/mol. The van der Waals surface area contributed by atoms with Crippen molar-refractivity contribution in [2.75, 3.05) is 33.5 Å². The minimum Gasteiger partial charge on any atom is -0.491 e. The van der Waals surface area contributed by atoms with Crippen molar-refractivity contribution in [1.29, 1.82) is 0 Å². The highest BCUT2D eigenvalue weighted by molar-refractivity contribution is 5.38. The molecule has 4 heteroatoms.